The topological polar surface area (TPSA) is 87.6 Å². The van der Waals surface area contributed by atoms with Crippen LogP contribution in [0.2, 0.25) is 5.02 Å². The second kappa shape index (κ2) is 6.52. The van der Waals surface area contributed by atoms with Gasteiger partial charge in [0.15, 0.2) is 0 Å². The highest BCUT2D eigenvalue weighted by molar-refractivity contribution is 7.98. The molecule has 0 radical (unpaired) electrons. The number of hydrogen-bond donors (Lipinski definition) is 1. The van der Waals surface area contributed by atoms with Crippen LogP contribution in [0.1, 0.15) is 11.1 Å². The lowest BCUT2D eigenvalue weighted by Gasteiger charge is -2.04. The summed E-state index contributed by atoms with van der Waals surface area (Å²) in [6.07, 6.45) is 0. The number of hydrogen-bond acceptors (Lipinski definition) is 6. The van der Waals surface area contributed by atoms with Crippen molar-refractivity contribution in [2.24, 2.45) is 0 Å². The van der Waals surface area contributed by atoms with E-state index in [1.165, 1.54) is 16.4 Å². The van der Waals surface area contributed by atoms with Crippen LogP contribution >= 0.6 is 23.4 Å². The van der Waals surface area contributed by atoms with Crippen molar-refractivity contribution in [3.63, 3.8) is 0 Å². The number of rotatable bonds is 5. The van der Waals surface area contributed by atoms with Crippen molar-refractivity contribution < 1.29 is 5.11 Å². The van der Waals surface area contributed by atoms with E-state index >= 15 is 0 Å². The van der Waals surface area contributed by atoms with Crippen LogP contribution in [-0.4, -0.2) is 31.9 Å². The first kappa shape index (κ1) is 13.8. The average molecular weight is 296 g/mol. The molecule has 0 aliphatic heterocycles. The SMILES string of the molecule is N#Cc1ccc(CSc2nnnn2CCO)c(Cl)c1. The van der Waals surface area contributed by atoms with Crippen molar-refractivity contribution in [3.05, 3.63) is 34.3 Å². The Morgan fingerprint density at radius 2 is 2.32 bits per heavy atom. The molecule has 1 aromatic carbocycles. The van der Waals surface area contributed by atoms with Crippen molar-refractivity contribution in [2.75, 3.05) is 6.61 Å². The zero-order valence-electron chi connectivity index (χ0n) is 9.82. The van der Waals surface area contributed by atoms with Crippen LogP contribution in [0, 0.1) is 11.3 Å². The maximum Gasteiger partial charge on any atom is 0.209 e. The van der Waals surface area contributed by atoms with Gasteiger partial charge < -0.3 is 5.11 Å². The summed E-state index contributed by atoms with van der Waals surface area (Å²) in [6, 6.07) is 7.20. The van der Waals surface area contributed by atoms with E-state index in [4.69, 9.17) is 22.0 Å². The Balaban J connectivity index is 2.06. The molecule has 0 atom stereocenters. The molecule has 0 spiro atoms. The van der Waals surface area contributed by atoms with E-state index < -0.39 is 0 Å². The molecule has 0 unspecified atom stereocenters. The predicted octanol–water partition coefficient (Wildman–Crippen LogP) is 1.48. The van der Waals surface area contributed by atoms with Gasteiger partial charge in [0, 0.05) is 10.8 Å². The van der Waals surface area contributed by atoms with E-state index in [1.807, 2.05) is 12.1 Å². The summed E-state index contributed by atoms with van der Waals surface area (Å²) in [5.74, 6) is 0.594. The van der Waals surface area contributed by atoms with Crippen LogP contribution < -0.4 is 0 Å². The van der Waals surface area contributed by atoms with Crippen molar-refractivity contribution in [3.8, 4) is 6.07 Å². The fourth-order valence-corrected chi connectivity index (χ4v) is 2.65. The molecule has 1 aromatic heterocycles. The van der Waals surface area contributed by atoms with Crippen LogP contribution in [0.15, 0.2) is 23.4 Å². The van der Waals surface area contributed by atoms with Gasteiger partial charge in [-0.2, -0.15) is 5.26 Å². The summed E-state index contributed by atoms with van der Waals surface area (Å²) < 4.78 is 1.53. The standard InChI is InChI=1S/C11H10ClN5OS/c12-10-5-8(6-13)1-2-9(10)7-19-11-14-15-16-17(11)3-4-18/h1-2,5,18H,3-4,7H2. The lowest BCUT2D eigenvalue weighted by atomic mass is 10.2. The normalized spacial score (nSPS) is 10.4. The molecule has 1 heterocycles. The highest BCUT2D eigenvalue weighted by atomic mass is 35.5. The van der Waals surface area contributed by atoms with Gasteiger partial charge in [-0.05, 0) is 28.1 Å². The number of thioether (sulfide) groups is 1. The van der Waals surface area contributed by atoms with Crippen LogP contribution in [0.4, 0.5) is 0 Å². The van der Waals surface area contributed by atoms with Gasteiger partial charge in [0.25, 0.3) is 0 Å². The maximum atomic E-state index is 8.87. The molecule has 0 fully saturated rings. The molecule has 98 valence electrons. The Hall–Kier alpha value is -1.62. The molecule has 0 saturated carbocycles. The smallest absolute Gasteiger partial charge is 0.209 e. The zero-order valence-corrected chi connectivity index (χ0v) is 11.4. The molecular formula is C11H10ClN5OS. The molecule has 0 aliphatic rings. The summed E-state index contributed by atoms with van der Waals surface area (Å²) in [5.41, 5.74) is 1.44. The summed E-state index contributed by atoms with van der Waals surface area (Å²) in [4.78, 5) is 0. The molecule has 6 nitrogen and oxygen atoms in total. The van der Waals surface area contributed by atoms with Crippen molar-refractivity contribution >= 4 is 23.4 Å². The number of aliphatic hydroxyl groups excluding tert-OH is 1. The minimum Gasteiger partial charge on any atom is -0.394 e. The average Bonchev–Trinajstić information content (AvgIpc) is 2.85. The van der Waals surface area contributed by atoms with E-state index in [9.17, 15) is 0 Å². The Bertz CT molecular complexity index is 609. The molecule has 0 bridgehead atoms. The Morgan fingerprint density at radius 3 is 3.00 bits per heavy atom. The van der Waals surface area contributed by atoms with E-state index in [2.05, 4.69) is 15.5 Å². The number of aliphatic hydroxyl groups is 1. The van der Waals surface area contributed by atoms with E-state index in [-0.39, 0.29) is 6.61 Å². The van der Waals surface area contributed by atoms with Gasteiger partial charge in [-0.3, -0.25) is 0 Å². The maximum absolute atomic E-state index is 8.87. The van der Waals surface area contributed by atoms with Gasteiger partial charge in [-0.15, -0.1) is 5.10 Å². The first-order valence-corrected chi connectivity index (χ1v) is 6.79. The third kappa shape index (κ3) is 3.44. The second-order valence-corrected chi connectivity index (χ2v) is 4.96. The van der Waals surface area contributed by atoms with Crippen LogP contribution in [-0.2, 0) is 12.3 Å². The quantitative estimate of drug-likeness (QED) is 0.841. The fourth-order valence-electron chi connectivity index (χ4n) is 1.41. The van der Waals surface area contributed by atoms with E-state index in [0.717, 1.165) is 5.56 Å². The highest BCUT2D eigenvalue weighted by Crippen LogP contribution is 2.25. The third-order valence-corrected chi connectivity index (χ3v) is 3.71. The summed E-state index contributed by atoms with van der Waals surface area (Å²) >= 11 is 7.51. The van der Waals surface area contributed by atoms with Crippen molar-refractivity contribution in [1.29, 1.82) is 5.26 Å². The van der Waals surface area contributed by atoms with Crippen LogP contribution in [0.5, 0.6) is 0 Å². The summed E-state index contributed by atoms with van der Waals surface area (Å²) in [5, 5.41) is 30.0. The number of nitriles is 1. The van der Waals surface area contributed by atoms with Gasteiger partial charge >= 0.3 is 0 Å². The van der Waals surface area contributed by atoms with Crippen molar-refractivity contribution in [1.82, 2.24) is 20.2 Å². The third-order valence-electron chi connectivity index (χ3n) is 2.35. The van der Waals surface area contributed by atoms with Gasteiger partial charge in [0.1, 0.15) is 0 Å². The Morgan fingerprint density at radius 1 is 1.47 bits per heavy atom. The number of aromatic nitrogens is 4. The molecular weight excluding hydrogens is 286 g/mol. The monoisotopic (exact) mass is 295 g/mol. The van der Waals surface area contributed by atoms with Gasteiger partial charge in [-0.1, -0.05) is 29.4 Å². The van der Waals surface area contributed by atoms with E-state index in [0.29, 0.717) is 28.0 Å². The molecule has 1 N–H and O–H groups in total. The first-order chi connectivity index (χ1) is 9.24. The second-order valence-electron chi connectivity index (χ2n) is 3.61. The molecule has 2 aromatic rings. The number of nitrogens with zero attached hydrogens (tertiary/aromatic N) is 5. The van der Waals surface area contributed by atoms with Gasteiger partial charge in [-0.25, -0.2) is 4.68 Å². The summed E-state index contributed by atoms with van der Waals surface area (Å²) in [6.45, 7) is 0.340. The molecule has 0 aliphatic carbocycles. The zero-order chi connectivity index (χ0) is 13.7. The van der Waals surface area contributed by atoms with Crippen LogP contribution in [0.25, 0.3) is 0 Å². The predicted molar refractivity (Wildman–Crippen MR) is 70.6 cm³/mol. The molecule has 2 rings (SSSR count). The number of tetrazole rings is 1. The lowest BCUT2D eigenvalue weighted by molar-refractivity contribution is 0.262. The fraction of sp³-hybridized carbons (Fsp3) is 0.273. The molecule has 19 heavy (non-hydrogen) atoms. The minimum atomic E-state index is -0.0176. The molecule has 8 heteroatoms. The van der Waals surface area contributed by atoms with Gasteiger partial charge in [0.05, 0.1) is 24.8 Å². The molecule has 0 amide bonds. The highest BCUT2D eigenvalue weighted by Gasteiger charge is 2.08. The Labute approximate surface area is 119 Å². The van der Waals surface area contributed by atoms with Crippen molar-refractivity contribution in [2.45, 2.75) is 17.5 Å². The lowest BCUT2D eigenvalue weighted by Crippen LogP contribution is -2.05. The Kier molecular flexibility index (Phi) is 4.74. The van der Waals surface area contributed by atoms with E-state index in [1.54, 1.807) is 12.1 Å². The van der Waals surface area contributed by atoms with Gasteiger partial charge in [0.2, 0.25) is 5.16 Å². The summed E-state index contributed by atoms with van der Waals surface area (Å²) in [7, 11) is 0. The largest absolute Gasteiger partial charge is 0.394 e. The number of halogens is 1. The number of benzene rings is 1. The molecule has 0 saturated heterocycles. The minimum absolute atomic E-state index is 0.0176. The first-order valence-electron chi connectivity index (χ1n) is 5.43. The van der Waals surface area contributed by atoms with Crippen LogP contribution in [0.3, 0.4) is 0 Å².